The van der Waals surface area contributed by atoms with Gasteiger partial charge in [0.25, 0.3) is 0 Å². The van der Waals surface area contributed by atoms with Crippen molar-refractivity contribution in [3.63, 3.8) is 0 Å². The van der Waals surface area contributed by atoms with Crippen molar-refractivity contribution in [2.75, 3.05) is 44.6 Å². The van der Waals surface area contributed by atoms with Crippen molar-refractivity contribution >= 4 is 22.3 Å². The Morgan fingerprint density at radius 3 is 2.49 bits per heavy atom. The van der Waals surface area contributed by atoms with Crippen LogP contribution < -0.4 is 5.32 Å². The van der Waals surface area contributed by atoms with Crippen molar-refractivity contribution in [2.45, 2.75) is 20.4 Å². The molecule has 6 nitrogen and oxygen atoms in total. The van der Waals surface area contributed by atoms with E-state index in [1.165, 1.54) is 11.1 Å². The SMILES string of the molecule is Cc1ccc(Nc2c(C#N)cnc3cc(-c4cccc(CN5CCN(CCO)CC5)c4)ccc23)c(C)c1. The molecular formula is C31H33N5O. The Hall–Kier alpha value is -3.76. The smallest absolute Gasteiger partial charge is 0.103 e. The van der Waals surface area contributed by atoms with Crippen LogP contribution in [-0.2, 0) is 6.54 Å². The molecule has 1 fully saturated rings. The summed E-state index contributed by atoms with van der Waals surface area (Å²) >= 11 is 0. The second-order valence-corrected chi connectivity index (χ2v) is 9.88. The fourth-order valence-corrected chi connectivity index (χ4v) is 5.10. The highest BCUT2D eigenvalue weighted by Crippen LogP contribution is 2.33. The summed E-state index contributed by atoms with van der Waals surface area (Å²) in [5.41, 5.74) is 9.07. The summed E-state index contributed by atoms with van der Waals surface area (Å²) in [5, 5.41) is 23.4. The zero-order valence-corrected chi connectivity index (χ0v) is 21.5. The number of aryl methyl sites for hydroxylation is 2. The highest BCUT2D eigenvalue weighted by molar-refractivity contribution is 5.97. The van der Waals surface area contributed by atoms with Gasteiger partial charge in [0.05, 0.1) is 23.4 Å². The number of fused-ring (bicyclic) bond motifs is 1. The third-order valence-corrected chi connectivity index (χ3v) is 7.18. The molecule has 1 aliphatic heterocycles. The van der Waals surface area contributed by atoms with E-state index in [0.29, 0.717) is 5.56 Å². The summed E-state index contributed by atoms with van der Waals surface area (Å²) in [6.07, 6.45) is 1.66. The van der Waals surface area contributed by atoms with Crippen LogP contribution in [0.3, 0.4) is 0 Å². The minimum Gasteiger partial charge on any atom is -0.395 e. The number of piperazine rings is 1. The van der Waals surface area contributed by atoms with Gasteiger partial charge in [0.15, 0.2) is 0 Å². The minimum absolute atomic E-state index is 0.226. The van der Waals surface area contributed by atoms with Crippen molar-refractivity contribution in [1.82, 2.24) is 14.8 Å². The number of benzene rings is 3. The lowest BCUT2D eigenvalue weighted by Crippen LogP contribution is -2.46. The van der Waals surface area contributed by atoms with E-state index >= 15 is 0 Å². The number of hydrogen-bond donors (Lipinski definition) is 2. The van der Waals surface area contributed by atoms with Gasteiger partial charge in [-0.1, -0.05) is 48.0 Å². The van der Waals surface area contributed by atoms with Crippen molar-refractivity contribution in [3.8, 4) is 17.2 Å². The Morgan fingerprint density at radius 1 is 0.946 bits per heavy atom. The minimum atomic E-state index is 0.226. The maximum absolute atomic E-state index is 9.76. The molecule has 1 aliphatic rings. The number of nitrogens with zero attached hydrogens (tertiary/aromatic N) is 4. The number of pyridine rings is 1. The number of β-amino-alcohol motifs (C(OH)–C–C–N with tert-alkyl or cyclic N) is 1. The quantitative estimate of drug-likeness (QED) is 0.368. The Morgan fingerprint density at radius 2 is 1.73 bits per heavy atom. The maximum Gasteiger partial charge on any atom is 0.103 e. The van der Waals surface area contributed by atoms with E-state index in [1.807, 2.05) is 0 Å². The molecule has 0 aliphatic carbocycles. The first-order chi connectivity index (χ1) is 18.0. The van der Waals surface area contributed by atoms with Gasteiger partial charge in [-0.3, -0.25) is 14.8 Å². The third-order valence-electron chi connectivity index (χ3n) is 7.18. The number of anilines is 2. The first kappa shape index (κ1) is 24.9. The summed E-state index contributed by atoms with van der Waals surface area (Å²) in [6, 6.07) is 23.6. The topological polar surface area (TPSA) is 75.4 Å². The number of aliphatic hydroxyl groups is 1. The fraction of sp³-hybridized carbons (Fsp3) is 0.290. The van der Waals surface area contributed by atoms with E-state index < -0.39 is 0 Å². The van der Waals surface area contributed by atoms with E-state index in [9.17, 15) is 10.4 Å². The molecule has 0 unspecified atom stereocenters. The molecule has 188 valence electrons. The van der Waals surface area contributed by atoms with Gasteiger partial charge in [0.1, 0.15) is 6.07 Å². The number of rotatable bonds is 7. The Kier molecular flexibility index (Phi) is 7.47. The number of aromatic nitrogens is 1. The zero-order valence-electron chi connectivity index (χ0n) is 21.5. The molecule has 1 aromatic heterocycles. The molecule has 0 bridgehead atoms. The predicted molar refractivity (Wildman–Crippen MR) is 150 cm³/mol. The van der Waals surface area contributed by atoms with Crippen LogP contribution in [-0.4, -0.2) is 59.2 Å². The molecule has 4 aromatic rings. The van der Waals surface area contributed by atoms with Crippen LogP contribution in [0.25, 0.3) is 22.0 Å². The molecule has 2 N–H and O–H groups in total. The molecular weight excluding hydrogens is 458 g/mol. The Balaban J connectivity index is 1.40. The molecule has 0 saturated carbocycles. The van der Waals surface area contributed by atoms with Crippen molar-refractivity contribution in [3.05, 3.63) is 89.1 Å². The predicted octanol–water partition coefficient (Wildman–Crippen LogP) is 5.24. The van der Waals surface area contributed by atoms with E-state index in [1.54, 1.807) is 6.20 Å². The zero-order chi connectivity index (χ0) is 25.8. The lowest BCUT2D eigenvalue weighted by Gasteiger charge is -2.34. The number of nitriles is 1. The second kappa shape index (κ2) is 11.1. The van der Waals surface area contributed by atoms with Gasteiger partial charge in [0, 0.05) is 56.5 Å². The second-order valence-electron chi connectivity index (χ2n) is 9.88. The van der Waals surface area contributed by atoms with Gasteiger partial charge < -0.3 is 10.4 Å². The largest absolute Gasteiger partial charge is 0.395 e. The van der Waals surface area contributed by atoms with Crippen LogP contribution in [0.5, 0.6) is 0 Å². The van der Waals surface area contributed by atoms with Crippen LogP contribution >= 0.6 is 0 Å². The van der Waals surface area contributed by atoms with Crippen molar-refractivity contribution in [2.24, 2.45) is 0 Å². The first-order valence-corrected chi connectivity index (χ1v) is 12.9. The highest BCUT2D eigenvalue weighted by atomic mass is 16.3. The first-order valence-electron chi connectivity index (χ1n) is 12.9. The van der Waals surface area contributed by atoms with Gasteiger partial charge in [-0.15, -0.1) is 0 Å². The molecule has 37 heavy (non-hydrogen) atoms. The highest BCUT2D eigenvalue weighted by Gasteiger charge is 2.17. The van der Waals surface area contributed by atoms with Crippen LogP contribution in [0.15, 0.2) is 66.9 Å². The van der Waals surface area contributed by atoms with Gasteiger partial charge >= 0.3 is 0 Å². The molecule has 6 heteroatoms. The number of hydrogen-bond acceptors (Lipinski definition) is 6. The van der Waals surface area contributed by atoms with Gasteiger partial charge in [-0.2, -0.15) is 5.26 Å². The fourth-order valence-electron chi connectivity index (χ4n) is 5.10. The average Bonchev–Trinajstić information content (AvgIpc) is 2.91. The molecule has 0 radical (unpaired) electrons. The summed E-state index contributed by atoms with van der Waals surface area (Å²) in [6.45, 7) is 10.1. The van der Waals surface area contributed by atoms with E-state index in [4.69, 9.17) is 0 Å². The van der Waals surface area contributed by atoms with Gasteiger partial charge in [0.2, 0.25) is 0 Å². The number of nitrogens with one attached hydrogen (secondary N) is 1. The molecule has 3 aromatic carbocycles. The van der Waals surface area contributed by atoms with Crippen LogP contribution in [0.2, 0.25) is 0 Å². The third kappa shape index (κ3) is 5.65. The summed E-state index contributed by atoms with van der Waals surface area (Å²) in [5.74, 6) is 0. The lowest BCUT2D eigenvalue weighted by molar-refractivity contribution is 0.108. The molecule has 2 heterocycles. The summed E-state index contributed by atoms with van der Waals surface area (Å²) in [7, 11) is 0. The van der Waals surface area contributed by atoms with Crippen LogP contribution in [0.4, 0.5) is 11.4 Å². The monoisotopic (exact) mass is 491 g/mol. The molecule has 0 spiro atoms. The lowest BCUT2D eigenvalue weighted by atomic mass is 10.00. The van der Waals surface area contributed by atoms with E-state index in [2.05, 4.69) is 101 Å². The molecule has 1 saturated heterocycles. The number of aliphatic hydroxyl groups excluding tert-OH is 1. The van der Waals surface area contributed by atoms with Crippen molar-refractivity contribution < 1.29 is 5.11 Å². The van der Waals surface area contributed by atoms with E-state index in [-0.39, 0.29) is 6.61 Å². The Bertz CT molecular complexity index is 1450. The van der Waals surface area contributed by atoms with Gasteiger partial charge in [-0.25, -0.2) is 0 Å². The molecule has 5 rings (SSSR count). The standard InChI is InChI=1S/C31H33N5O/c1-22-6-9-29(23(2)16-22)34-31-27(19-32)20-33-30-18-26(7-8-28(30)31)25-5-3-4-24(17-25)21-36-12-10-35(11-13-36)14-15-37/h3-9,16-18,20,37H,10-15,21H2,1-2H3,(H,33,34). The van der Waals surface area contributed by atoms with Gasteiger partial charge in [-0.05, 0) is 54.3 Å². The molecule has 0 atom stereocenters. The normalized spacial score (nSPS) is 14.5. The van der Waals surface area contributed by atoms with Crippen LogP contribution in [0.1, 0.15) is 22.3 Å². The van der Waals surface area contributed by atoms with E-state index in [0.717, 1.165) is 78.2 Å². The maximum atomic E-state index is 9.76. The molecule has 0 amide bonds. The average molecular weight is 492 g/mol. The summed E-state index contributed by atoms with van der Waals surface area (Å²) in [4.78, 5) is 9.41. The van der Waals surface area contributed by atoms with Crippen molar-refractivity contribution in [1.29, 1.82) is 5.26 Å². The Labute approximate surface area is 218 Å². The summed E-state index contributed by atoms with van der Waals surface area (Å²) < 4.78 is 0. The van der Waals surface area contributed by atoms with Crippen LogP contribution in [0, 0.1) is 25.2 Å².